The summed E-state index contributed by atoms with van der Waals surface area (Å²) in [6.07, 6.45) is 1.92. The van der Waals surface area contributed by atoms with Gasteiger partial charge >= 0.3 is 0 Å². The number of ether oxygens (including phenoxy) is 1. The van der Waals surface area contributed by atoms with E-state index >= 15 is 0 Å². The average Bonchev–Trinajstić information content (AvgIpc) is 2.87. The van der Waals surface area contributed by atoms with Crippen LogP contribution in [0.1, 0.15) is 52.4 Å². The van der Waals surface area contributed by atoms with Gasteiger partial charge in [0.25, 0.3) is 0 Å². The predicted octanol–water partition coefficient (Wildman–Crippen LogP) is 1.51. The first-order chi connectivity index (χ1) is 9.03. The molecule has 2 rings (SSSR count). The molecule has 1 fully saturated rings. The van der Waals surface area contributed by atoms with E-state index in [0.29, 0.717) is 5.92 Å². The van der Waals surface area contributed by atoms with E-state index in [-0.39, 0.29) is 11.6 Å². The van der Waals surface area contributed by atoms with Gasteiger partial charge in [-0.2, -0.15) is 0 Å². The van der Waals surface area contributed by atoms with Gasteiger partial charge in [-0.25, -0.2) is 4.68 Å². The Morgan fingerprint density at radius 3 is 2.63 bits per heavy atom. The van der Waals surface area contributed by atoms with Crippen LogP contribution in [0, 0.1) is 5.92 Å². The average molecular weight is 267 g/mol. The Morgan fingerprint density at radius 2 is 2.00 bits per heavy atom. The molecule has 2 heterocycles. The fourth-order valence-corrected chi connectivity index (χ4v) is 2.38. The Bertz CT molecular complexity index is 397. The third kappa shape index (κ3) is 3.30. The third-order valence-electron chi connectivity index (χ3n) is 3.79. The third-order valence-corrected chi connectivity index (χ3v) is 3.79. The second-order valence-corrected chi connectivity index (χ2v) is 6.08. The first-order valence-corrected chi connectivity index (χ1v) is 7.13. The first kappa shape index (κ1) is 14.4. The fourth-order valence-electron chi connectivity index (χ4n) is 2.38. The zero-order chi connectivity index (χ0) is 13.9. The summed E-state index contributed by atoms with van der Waals surface area (Å²) in [6.45, 7) is 11.3. The second kappa shape index (κ2) is 5.96. The number of hydrogen-bond acceptors (Lipinski definition) is 5. The van der Waals surface area contributed by atoms with Gasteiger partial charge in [-0.15, -0.1) is 5.10 Å². The van der Waals surface area contributed by atoms with Crippen LogP contribution < -0.4 is 5.32 Å². The SMILES string of the molecule is CC(C)CNC(C)c1nnnn1C1(C)CCOCC1. The lowest BCUT2D eigenvalue weighted by atomic mass is 9.92. The quantitative estimate of drug-likeness (QED) is 0.876. The second-order valence-electron chi connectivity index (χ2n) is 6.08. The van der Waals surface area contributed by atoms with Crippen LogP contribution in [0.5, 0.6) is 0 Å². The summed E-state index contributed by atoms with van der Waals surface area (Å²) in [6, 6.07) is 0.164. The van der Waals surface area contributed by atoms with Crippen molar-refractivity contribution >= 4 is 0 Å². The molecule has 0 spiro atoms. The summed E-state index contributed by atoms with van der Waals surface area (Å²) in [5.41, 5.74) is -0.0230. The lowest BCUT2D eigenvalue weighted by Gasteiger charge is -2.34. The number of nitrogens with zero attached hydrogens (tertiary/aromatic N) is 4. The molecule has 0 aromatic carbocycles. The molecular weight excluding hydrogens is 242 g/mol. The van der Waals surface area contributed by atoms with Crippen molar-refractivity contribution in [2.24, 2.45) is 5.92 Å². The molecule has 0 radical (unpaired) electrons. The Balaban J connectivity index is 2.12. The van der Waals surface area contributed by atoms with E-state index in [9.17, 15) is 0 Å². The molecule has 1 saturated heterocycles. The van der Waals surface area contributed by atoms with E-state index in [1.807, 2.05) is 4.68 Å². The van der Waals surface area contributed by atoms with Crippen molar-refractivity contribution in [1.29, 1.82) is 0 Å². The number of aromatic nitrogens is 4. The van der Waals surface area contributed by atoms with Gasteiger partial charge in [0.15, 0.2) is 5.82 Å². The van der Waals surface area contributed by atoms with Gasteiger partial charge in [-0.1, -0.05) is 13.8 Å². The van der Waals surface area contributed by atoms with Gasteiger partial charge in [0, 0.05) is 13.2 Å². The summed E-state index contributed by atoms with van der Waals surface area (Å²) in [4.78, 5) is 0. The molecule has 1 aromatic rings. The lowest BCUT2D eigenvalue weighted by Crippen LogP contribution is -2.40. The van der Waals surface area contributed by atoms with Crippen LogP contribution in [0.4, 0.5) is 0 Å². The molecule has 1 aromatic heterocycles. The van der Waals surface area contributed by atoms with Crippen molar-refractivity contribution in [3.63, 3.8) is 0 Å². The zero-order valence-corrected chi connectivity index (χ0v) is 12.4. The highest BCUT2D eigenvalue weighted by atomic mass is 16.5. The summed E-state index contributed by atoms with van der Waals surface area (Å²) >= 11 is 0. The van der Waals surface area contributed by atoms with E-state index < -0.39 is 0 Å². The molecule has 1 unspecified atom stereocenters. The summed E-state index contributed by atoms with van der Waals surface area (Å²) in [5, 5.41) is 15.8. The Kier molecular flexibility index (Phi) is 4.52. The summed E-state index contributed by atoms with van der Waals surface area (Å²) in [7, 11) is 0. The predicted molar refractivity (Wildman–Crippen MR) is 72.8 cm³/mol. The molecule has 1 aliphatic rings. The summed E-state index contributed by atoms with van der Waals surface area (Å²) < 4.78 is 7.44. The number of hydrogen-bond donors (Lipinski definition) is 1. The molecule has 6 nitrogen and oxygen atoms in total. The topological polar surface area (TPSA) is 64.9 Å². The lowest BCUT2D eigenvalue weighted by molar-refractivity contribution is 0.0212. The highest BCUT2D eigenvalue weighted by Gasteiger charge is 2.34. The Morgan fingerprint density at radius 1 is 1.32 bits per heavy atom. The Labute approximate surface area is 114 Å². The van der Waals surface area contributed by atoms with Crippen LogP contribution in [0.15, 0.2) is 0 Å². The largest absolute Gasteiger partial charge is 0.381 e. The molecular formula is C13H25N5O. The van der Waals surface area contributed by atoms with Gasteiger partial charge < -0.3 is 10.1 Å². The van der Waals surface area contributed by atoms with Crippen LogP contribution in [-0.2, 0) is 10.3 Å². The van der Waals surface area contributed by atoms with Crippen molar-refractivity contribution in [3.05, 3.63) is 5.82 Å². The van der Waals surface area contributed by atoms with Gasteiger partial charge in [0.2, 0.25) is 0 Å². The minimum Gasteiger partial charge on any atom is -0.381 e. The molecule has 0 bridgehead atoms. The number of nitrogens with one attached hydrogen (secondary N) is 1. The van der Waals surface area contributed by atoms with Crippen molar-refractivity contribution < 1.29 is 4.74 Å². The molecule has 0 amide bonds. The first-order valence-electron chi connectivity index (χ1n) is 7.13. The van der Waals surface area contributed by atoms with E-state index in [1.165, 1.54) is 0 Å². The van der Waals surface area contributed by atoms with E-state index in [2.05, 4.69) is 48.5 Å². The van der Waals surface area contributed by atoms with Crippen LogP contribution in [0.3, 0.4) is 0 Å². The van der Waals surface area contributed by atoms with Gasteiger partial charge in [0.1, 0.15) is 0 Å². The van der Waals surface area contributed by atoms with Crippen LogP contribution in [-0.4, -0.2) is 40.0 Å². The molecule has 1 atom stereocenters. The number of tetrazole rings is 1. The fraction of sp³-hybridized carbons (Fsp3) is 0.923. The maximum Gasteiger partial charge on any atom is 0.168 e. The normalized spacial score (nSPS) is 20.7. The molecule has 0 aliphatic carbocycles. The molecule has 1 aliphatic heterocycles. The van der Waals surface area contributed by atoms with E-state index in [4.69, 9.17) is 4.74 Å². The van der Waals surface area contributed by atoms with Crippen molar-refractivity contribution in [2.45, 2.75) is 52.1 Å². The van der Waals surface area contributed by atoms with Gasteiger partial charge in [-0.05, 0) is 49.6 Å². The minimum atomic E-state index is -0.0230. The number of rotatable bonds is 5. The van der Waals surface area contributed by atoms with E-state index in [0.717, 1.165) is 38.4 Å². The van der Waals surface area contributed by atoms with Crippen molar-refractivity contribution in [1.82, 2.24) is 25.5 Å². The molecule has 6 heteroatoms. The van der Waals surface area contributed by atoms with Gasteiger partial charge in [0.05, 0.1) is 11.6 Å². The van der Waals surface area contributed by atoms with Crippen LogP contribution in [0.2, 0.25) is 0 Å². The monoisotopic (exact) mass is 267 g/mol. The highest BCUT2D eigenvalue weighted by Crippen LogP contribution is 2.29. The maximum absolute atomic E-state index is 5.44. The molecule has 19 heavy (non-hydrogen) atoms. The molecule has 1 N–H and O–H groups in total. The standard InChI is InChI=1S/C13H25N5O/c1-10(2)9-14-11(3)12-15-16-17-18(12)13(4)5-7-19-8-6-13/h10-11,14H,5-9H2,1-4H3. The highest BCUT2D eigenvalue weighted by molar-refractivity contribution is 4.97. The maximum atomic E-state index is 5.44. The molecule has 0 saturated carbocycles. The Hall–Kier alpha value is -1.01. The van der Waals surface area contributed by atoms with Crippen LogP contribution >= 0.6 is 0 Å². The smallest absolute Gasteiger partial charge is 0.168 e. The molecule has 108 valence electrons. The van der Waals surface area contributed by atoms with Crippen molar-refractivity contribution in [2.75, 3.05) is 19.8 Å². The van der Waals surface area contributed by atoms with Crippen LogP contribution in [0.25, 0.3) is 0 Å². The summed E-state index contributed by atoms with van der Waals surface area (Å²) in [5.74, 6) is 1.54. The van der Waals surface area contributed by atoms with Crippen molar-refractivity contribution in [3.8, 4) is 0 Å². The minimum absolute atomic E-state index is 0.0230. The van der Waals surface area contributed by atoms with Gasteiger partial charge in [-0.3, -0.25) is 0 Å². The zero-order valence-electron chi connectivity index (χ0n) is 12.4. The van der Waals surface area contributed by atoms with E-state index in [1.54, 1.807) is 0 Å².